The maximum absolute atomic E-state index is 10.1. The number of benzene rings is 1. The summed E-state index contributed by atoms with van der Waals surface area (Å²) >= 11 is 0. The average molecular weight is 284 g/mol. The van der Waals surface area contributed by atoms with Crippen molar-refractivity contribution in [3.63, 3.8) is 0 Å². The second kappa shape index (κ2) is 5.15. The van der Waals surface area contributed by atoms with Gasteiger partial charge in [0.15, 0.2) is 0 Å². The molecule has 0 bridgehead atoms. The number of hydrogen-bond acceptors (Lipinski definition) is 2. The summed E-state index contributed by atoms with van der Waals surface area (Å²) in [7, 11) is 0. The number of aromatic amines is 1. The fraction of sp³-hybridized carbons (Fsp3) is 0.556. The van der Waals surface area contributed by atoms with Crippen molar-refractivity contribution in [2.24, 2.45) is 0 Å². The maximum Gasteiger partial charge on any atom is 0.0515 e. The third-order valence-corrected chi connectivity index (χ3v) is 5.53. The largest absolute Gasteiger partial charge is 0.396 e. The summed E-state index contributed by atoms with van der Waals surface area (Å²) in [5.74, 6) is 0.246. The van der Waals surface area contributed by atoms with E-state index in [9.17, 15) is 5.11 Å². The number of aliphatic hydroxyl groups is 1. The number of hydrogen-bond donors (Lipinski definition) is 2. The van der Waals surface area contributed by atoms with Crippen molar-refractivity contribution >= 4 is 10.9 Å². The minimum atomic E-state index is 0.246. The molecular formula is C18H24N2O. The van der Waals surface area contributed by atoms with Crippen LogP contribution in [0.15, 0.2) is 24.3 Å². The van der Waals surface area contributed by atoms with Crippen LogP contribution in [0.3, 0.4) is 0 Å². The smallest absolute Gasteiger partial charge is 0.0515 e. The second-order valence-electron chi connectivity index (χ2n) is 6.51. The molecule has 0 amide bonds. The summed E-state index contributed by atoms with van der Waals surface area (Å²) in [6.07, 6.45) is 4.96. The van der Waals surface area contributed by atoms with Gasteiger partial charge in [-0.15, -0.1) is 0 Å². The van der Waals surface area contributed by atoms with Crippen LogP contribution in [0.2, 0.25) is 0 Å². The van der Waals surface area contributed by atoms with Crippen LogP contribution in [0.5, 0.6) is 0 Å². The molecule has 3 unspecified atom stereocenters. The van der Waals surface area contributed by atoms with E-state index in [0.717, 1.165) is 6.42 Å². The van der Waals surface area contributed by atoms with E-state index < -0.39 is 0 Å². The predicted octanol–water partition coefficient (Wildman–Crippen LogP) is 3.56. The number of piperidine rings is 1. The number of para-hydroxylation sites is 1. The highest BCUT2D eigenvalue weighted by atomic mass is 16.3. The van der Waals surface area contributed by atoms with Gasteiger partial charge in [-0.2, -0.15) is 0 Å². The van der Waals surface area contributed by atoms with Gasteiger partial charge in [-0.3, -0.25) is 4.90 Å². The Balaban J connectivity index is 1.94. The van der Waals surface area contributed by atoms with Crippen molar-refractivity contribution in [2.75, 3.05) is 13.2 Å². The molecule has 0 saturated carbocycles. The molecule has 3 heterocycles. The van der Waals surface area contributed by atoms with E-state index in [1.54, 1.807) is 0 Å². The molecule has 0 spiro atoms. The Hall–Kier alpha value is -1.32. The highest BCUT2D eigenvalue weighted by Crippen LogP contribution is 2.47. The Morgan fingerprint density at radius 3 is 2.95 bits per heavy atom. The molecule has 1 aromatic carbocycles. The van der Waals surface area contributed by atoms with Crippen LogP contribution in [-0.4, -0.2) is 34.2 Å². The monoisotopic (exact) mass is 284 g/mol. The molecule has 1 aromatic heterocycles. The number of fused-ring (bicyclic) bond motifs is 5. The van der Waals surface area contributed by atoms with Crippen molar-refractivity contribution in [3.8, 4) is 0 Å². The maximum atomic E-state index is 10.1. The normalized spacial score (nSPS) is 29.3. The minimum Gasteiger partial charge on any atom is -0.396 e. The van der Waals surface area contributed by atoms with Crippen LogP contribution in [0.1, 0.15) is 55.8 Å². The van der Waals surface area contributed by atoms with Gasteiger partial charge < -0.3 is 10.1 Å². The van der Waals surface area contributed by atoms with Gasteiger partial charge in [0.1, 0.15) is 0 Å². The van der Waals surface area contributed by atoms with Crippen molar-refractivity contribution in [1.82, 2.24) is 9.88 Å². The summed E-state index contributed by atoms with van der Waals surface area (Å²) < 4.78 is 0. The Bertz CT molecular complexity index is 648. The summed E-state index contributed by atoms with van der Waals surface area (Å²) in [6, 6.07) is 9.57. The first-order valence-electron chi connectivity index (χ1n) is 8.32. The van der Waals surface area contributed by atoms with E-state index in [0.29, 0.717) is 12.1 Å². The topological polar surface area (TPSA) is 39.3 Å². The Kier molecular flexibility index (Phi) is 3.27. The fourth-order valence-corrected chi connectivity index (χ4v) is 4.66. The van der Waals surface area contributed by atoms with Crippen molar-refractivity contribution in [2.45, 2.75) is 50.6 Å². The molecule has 3 atom stereocenters. The first-order chi connectivity index (χ1) is 10.3. The standard InChI is InChI=1S/C18H24N2O/c1-2-15-13(11-21)17-12-7-3-4-8-14(12)19-18(17)16-9-5-6-10-20(15)16/h3-4,7-8,13,15-16,19,21H,2,5-6,9-11H2,1H3. The molecule has 3 nitrogen and oxygen atoms in total. The highest BCUT2D eigenvalue weighted by molar-refractivity contribution is 5.86. The molecular weight excluding hydrogens is 260 g/mol. The van der Waals surface area contributed by atoms with Gasteiger partial charge in [0, 0.05) is 28.6 Å². The Labute approximate surface area is 126 Å². The van der Waals surface area contributed by atoms with Crippen molar-refractivity contribution < 1.29 is 5.11 Å². The van der Waals surface area contributed by atoms with Crippen LogP contribution in [-0.2, 0) is 0 Å². The van der Waals surface area contributed by atoms with Crippen molar-refractivity contribution in [1.29, 1.82) is 0 Å². The number of nitrogens with zero attached hydrogens (tertiary/aromatic N) is 1. The predicted molar refractivity (Wildman–Crippen MR) is 85.5 cm³/mol. The molecule has 0 radical (unpaired) electrons. The number of H-pyrrole nitrogens is 1. The van der Waals surface area contributed by atoms with Crippen molar-refractivity contribution in [3.05, 3.63) is 35.5 Å². The molecule has 2 aromatic rings. The summed E-state index contributed by atoms with van der Waals surface area (Å²) in [5, 5.41) is 11.4. The minimum absolute atomic E-state index is 0.246. The Morgan fingerprint density at radius 1 is 1.29 bits per heavy atom. The quantitative estimate of drug-likeness (QED) is 0.885. The van der Waals surface area contributed by atoms with Gasteiger partial charge in [-0.25, -0.2) is 0 Å². The molecule has 2 aliphatic heterocycles. The second-order valence-corrected chi connectivity index (χ2v) is 6.51. The molecule has 112 valence electrons. The van der Waals surface area contributed by atoms with Crippen LogP contribution < -0.4 is 0 Å². The average Bonchev–Trinajstić information content (AvgIpc) is 2.93. The number of rotatable bonds is 2. The van der Waals surface area contributed by atoms with Gasteiger partial charge in [0.05, 0.1) is 12.6 Å². The van der Waals surface area contributed by atoms with Crippen LogP contribution in [0, 0.1) is 0 Å². The number of aromatic nitrogens is 1. The third-order valence-electron chi connectivity index (χ3n) is 5.53. The van der Waals surface area contributed by atoms with Gasteiger partial charge in [0.25, 0.3) is 0 Å². The fourth-order valence-electron chi connectivity index (χ4n) is 4.66. The van der Waals surface area contributed by atoms with E-state index in [-0.39, 0.29) is 12.5 Å². The summed E-state index contributed by atoms with van der Waals surface area (Å²) in [6.45, 7) is 3.68. The van der Waals surface area contributed by atoms with E-state index >= 15 is 0 Å². The van der Waals surface area contributed by atoms with Crippen LogP contribution in [0.25, 0.3) is 10.9 Å². The number of nitrogens with one attached hydrogen (secondary N) is 1. The van der Waals surface area contributed by atoms with E-state index in [1.165, 1.54) is 48.0 Å². The Morgan fingerprint density at radius 2 is 2.14 bits per heavy atom. The lowest BCUT2D eigenvalue weighted by molar-refractivity contribution is 0.0436. The first kappa shape index (κ1) is 13.4. The van der Waals surface area contributed by atoms with Gasteiger partial charge in [0.2, 0.25) is 0 Å². The molecule has 1 fully saturated rings. The van der Waals surface area contributed by atoms with Gasteiger partial charge >= 0.3 is 0 Å². The highest BCUT2D eigenvalue weighted by Gasteiger charge is 2.42. The van der Waals surface area contributed by atoms with E-state index in [2.05, 4.69) is 41.1 Å². The molecule has 2 N–H and O–H groups in total. The molecule has 0 aliphatic carbocycles. The first-order valence-corrected chi connectivity index (χ1v) is 8.32. The van der Waals surface area contributed by atoms with Gasteiger partial charge in [-0.1, -0.05) is 31.5 Å². The summed E-state index contributed by atoms with van der Waals surface area (Å²) in [5.41, 5.74) is 3.99. The zero-order valence-corrected chi connectivity index (χ0v) is 12.7. The van der Waals surface area contributed by atoms with Crippen LogP contribution in [0.4, 0.5) is 0 Å². The third kappa shape index (κ3) is 1.87. The number of aliphatic hydroxyl groups excluding tert-OH is 1. The summed E-state index contributed by atoms with van der Waals surface area (Å²) in [4.78, 5) is 6.33. The van der Waals surface area contributed by atoms with Gasteiger partial charge in [-0.05, 0) is 37.4 Å². The van der Waals surface area contributed by atoms with Crippen LogP contribution >= 0.6 is 0 Å². The van der Waals surface area contributed by atoms with E-state index in [4.69, 9.17) is 0 Å². The molecule has 2 aliphatic rings. The SMILES string of the molecule is CCC1C(CO)c2c([nH]c3ccccc23)C2CCCCN21. The molecule has 21 heavy (non-hydrogen) atoms. The lowest BCUT2D eigenvalue weighted by Gasteiger charge is -2.48. The zero-order chi connectivity index (χ0) is 14.4. The lowest BCUT2D eigenvalue weighted by atomic mass is 9.78. The molecule has 3 heteroatoms. The molecule has 1 saturated heterocycles. The lowest BCUT2D eigenvalue weighted by Crippen LogP contribution is -2.49. The van der Waals surface area contributed by atoms with E-state index in [1.807, 2.05) is 0 Å². The molecule has 4 rings (SSSR count). The zero-order valence-electron chi connectivity index (χ0n) is 12.7.